The number of rotatable bonds is 0. The fraction of sp³-hybridized carbons (Fsp3) is 0.0511. The zero-order chi connectivity index (χ0) is 90.1. The van der Waals surface area contributed by atoms with Crippen LogP contribution in [0.5, 0.6) is 0 Å². The summed E-state index contributed by atoms with van der Waals surface area (Å²) in [7, 11) is 0. The van der Waals surface area contributed by atoms with Crippen LogP contribution >= 0.6 is 0 Å². The Bertz CT molecular complexity index is 8970. The average Bonchev–Trinajstić information content (AvgIpc) is 1.54. The van der Waals surface area contributed by atoms with E-state index in [1.165, 1.54) is 283 Å². The van der Waals surface area contributed by atoms with Gasteiger partial charge >= 0.3 is 0 Å². The Kier molecular flexibility index (Phi) is 19.3. The van der Waals surface area contributed by atoms with Gasteiger partial charge < -0.3 is 0 Å². The summed E-state index contributed by atoms with van der Waals surface area (Å²) >= 11 is 0. The van der Waals surface area contributed by atoms with Crippen LogP contribution in [0.4, 0.5) is 0 Å². The lowest BCUT2D eigenvalue weighted by Gasteiger charge is -2.21. The molecule has 0 bridgehead atoms. The maximum atomic E-state index is 2.38. The highest BCUT2D eigenvalue weighted by Gasteiger charge is 2.24. The van der Waals surface area contributed by atoms with Gasteiger partial charge in [-0.25, -0.2) is 0 Å². The van der Waals surface area contributed by atoms with Gasteiger partial charge in [-0.2, -0.15) is 0 Å². The van der Waals surface area contributed by atoms with Gasteiger partial charge in [-0.3, -0.25) is 0 Å². The molecule has 0 atom stereocenters. The molecule has 0 amide bonds. The summed E-state index contributed by atoms with van der Waals surface area (Å²) in [6.45, 7) is 0. The van der Waals surface area contributed by atoms with Crippen molar-refractivity contribution in [2.75, 3.05) is 0 Å². The molecule has 4 aliphatic rings. The van der Waals surface area contributed by atoms with Gasteiger partial charge in [0.2, 0.25) is 0 Å². The monoisotopic (exact) mass is 1740 g/mol. The van der Waals surface area contributed by atoms with Crippen LogP contribution in [-0.2, 0) is 44.9 Å². The minimum absolute atomic E-state index is 1.03. The van der Waals surface area contributed by atoms with Crippen LogP contribution in [0, 0.1) is 0 Å². The molecule has 0 radical (unpaired) electrons. The van der Waals surface area contributed by atoms with E-state index in [0.29, 0.717) is 0 Å². The Labute approximate surface area is 794 Å². The quantitative estimate of drug-likeness (QED) is 0.105. The number of fused-ring (bicyclic) bond motifs is 18. The van der Waals surface area contributed by atoms with Crippen molar-refractivity contribution in [2.24, 2.45) is 0 Å². The van der Waals surface area contributed by atoms with Crippen molar-refractivity contribution >= 4 is 205 Å². The highest BCUT2D eigenvalue weighted by molar-refractivity contribution is 6.44. The lowest BCUT2D eigenvalue weighted by Crippen LogP contribution is -2.07. The fourth-order valence-corrected chi connectivity index (χ4v) is 23.5. The molecule has 0 heteroatoms. The number of benzene rings is 28. The van der Waals surface area contributed by atoms with Gasteiger partial charge in [-0.15, -0.1) is 0 Å². The number of hydrogen-bond acceptors (Lipinski definition) is 0. The van der Waals surface area contributed by atoms with Gasteiger partial charge in [-0.05, 0) is 394 Å². The minimum atomic E-state index is 1.03. The van der Waals surface area contributed by atoms with Crippen LogP contribution in [0.25, 0.3) is 205 Å². The van der Waals surface area contributed by atoms with Gasteiger partial charge in [0, 0.05) is 0 Å². The molecule has 33 rings (SSSR count). The largest absolute Gasteiger partial charge is 0.0620 e. The van der Waals surface area contributed by atoms with Crippen molar-refractivity contribution in [3.8, 4) is 0 Å². The molecule has 0 saturated carbocycles. The number of hydrogen-bond donors (Lipinski definition) is 0. The summed E-state index contributed by atoms with van der Waals surface area (Å²) in [5.41, 5.74) is 20.8. The summed E-state index contributed by atoms with van der Waals surface area (Å²) < 4.78 is 0. The molecule has 29 aromatic rings. The summed E-state index contributed by atoms with van der Waals surface area (Å²) in [4.78, 5) is 0. The second-order valence-corrected chi connectivity index (χ2v) is 38.4. The molecular formula is C137H92. The molecule has 137 heavy (non-hydrogen) atoms. The van der Waals surface area contributed by atoms with Crippen molar-refractivity contribution in [1.29, 1.82) is 0 Å². The molecule has 29 aromatic carbocycles. The lowest BCUT2D eigenvalue weighted by atomic mass is 9.82. The van der Waals surface area contributed by atoms with E-state index in [2.05, 4.69) is 473 Å². The van der Waals surface area contributed by atoms with E-state index in [0.717, 1.165) is 44.9 Å². The van der Waals surface area contributed by atoms with Crippen molar-refractivity contribution in [3.63, 3.8) is 0 Å². The third kappa shape index (κ3) is 14.4. The fourth-order valence-electron chi connectivity index (χ4n) is 23.5. The van der Waals surface area contributed by atoms with Gasteiger partial charge in [0.1, 0.15) is 0 Å². The van der Waals surface area contributed by atoms with Gasteiger partial charge in [0.25, 0.3) is 0 Å². The lowest BCUT2D eigenvalue weighted by molar-refractivity contribution is 1.00. The van der Waals surface area contributed by atoms with E-state index in [1.807, 2.05) is 0 Å². The minimum Gasteiger partial charge on any atom is -0.0620 e. The molecule has 0 saturated heterocycles. The Morgan fingerprint density at radius 2 is 0.255 bits per heavy atom. The first-order chi connectivity index (χ1) is 67.8. The molecule has 640 valence electrons. The van der Waals surface area contributed by atoms with E-state index in [4.69, 9.17) is 0 Å². The molecule has 0 N–H and O–H groups in total. The van der Waals surface area contributed by atoms with Crippen LogP contribution in [0.2, 0.25) is 0 Å². The molecule has 0 aliphatic heterocycles. The maximum Gasteiger partial charge on any atom is -0.000683 e. The van der Waals surface area contributed by atoms with Crippen LogP contribution in [0.15, 0.2) is 473 Å². The Morgan fingerprint density at radius 3 is 0.518 bits per heavy atom. The molecule has 0 aromatic heterocycles. The second kappa shape index (κ2) is 33.1. The Hall–Kier alpha value is -16.9. The smallest absolute Gasteiger partial charge is 0.000683 e. The van der Waals surface area contributed by atoms with Crippen LogP contribution in [-0.4, -0.2) is 0 Å². The molecule has 0 heterocycles. The van der Waals surface area contributed by atoms with E-state index in [-0.39, 0.29) is 0 Å². The standard InChI is InChI=1S/C23H14.C22H16.C22H14.C20H10.C18H14.C18H12.C14H12/c1-2-7-19-16(4-1)12-18-11-10-15-9-8-14-5-3-6-17-13-20(19)22(18)23(15)21(14)17;2*1-2-6-16-10-20-14-22-12-18-8-4-3-7-17(18)11-21(22)13-19(20)9-15(16)5-1;1-2-12-5-6-14-9-10-15-8-7-13-4-3-11(1)16-17(12)19(14)20(15)18(13)16;2*1-2-6-14-10-18-12-16-8-4-3-7-15(16)11-17(18)9-13(14)5-1;1-2-6-12-10-14-8-4-3-7-13(14)9-11(12)5-1/h1-12H,13H2;1-12H,13-14H2;1-14H;1-10H;1-10H,11-12H2;1-12H;1-8H,9-10H2. The first-order valence-corrected chi connectivity index (χ1v) is 48.5. The van der Waals surface area contributed by atoms with Gasteiger partial charge in [-0.1, -0.05) is 406 Å². The predicted octanol–water partition coefficient (Wildman–Crippen LogP) is 36.4. The van der Waals surface area contributed by atoms with E-state index in [9.17, 15) is 0 Å². The highest BCUT2D eigenvalue weighted by atomic mass is 14.3. The van der Waals surface area contributed by atoms with E-state index >= 15 is 0 Å². The van der Waals surface area contributed by atoms with Crippen LogP contribution in [0.1, 0.15) is 77.9 Å². The summed E-state index contributed by atoms with van der Waals surface area (Å²) in [5, 5.41) is 51.7. The molecular weight excluding hydrogens is 1650 g/mol. The van der Waals surface area contributed by atoms with Crippen molar-refractivity contribution in [3.05, 3.63) is 551 Å². The summed E-state index contributed by atoms with van der Waals surface area (Å²) in [6, 6.07) is 173. The second-order valence-electron chi connectivity index (χ2n) is 38.4. The maximum absolute atomic E-state index is 2.38. The third-order valence-electron chi connectivity index (χ3n) is 30.3. The Morgan fingerprint density at radius 1 is 0.0876 bits per heavy atom. The summed E-state index contributed by atoms with van der Waals surface area (Å²) in [6.07, 6.45) is 7.51. The van der Waals surface area contributed by atoms with Crippen LogP contribution in [0.3, 0.4) is 0 Å². The SMILES string of the molecule is c1cc2ccc3ccc4ccc5ccc1c1c2c3c4c51.c1ccc2c(c1)Cc1cc3ccccc3cc1C2.c1ccc2c(c1)Cc1ccccc1C2.c1ccc2c3c4c(ccc5ccc6cccc(c6c54)C3)cc2c1.c1ccc2cc3c(cc2c1)Cc1cc2ccccc2cc1C3.c1ccc2cc3cc4cc5ccccc5cc4cc3cc2c1.c1ccc2cc3cc4ccccc4cc3cc2c1. The average molecular weight is 1740 g/mol. The molecule has 0 nitrogen and oxygen atoms in total. The summed E-state index contributed by atoms with van der Waals surface area (Å²) in [5.74, 6) is 0. The molecule has 0 spiro atoms. The zero-order valence-electron chi connectivity index (χ0n) is 76.0. The topological polar surface area (TPSA) is 0 Å². The highest BCUT2D eigenvalue weighted by Crippen LogP contribution is 2.49. The molecule has 0 unspecified atom stereocenters. The zero-order valence-corrected chi connectivity index (χ0v) is 76.0. The molecule has 4 aliphatic carbocycles. The van der Waals surface area contributed by atoms with Crippen molar-refractivity contribution < 1.29 is 0 Å². The van der Waals surface area contributed by atoms with E-state index in [1.54, 1.807) is 0 Å². The first-order valence-electron chi connectivity index (χ1n) is 48.5. The van der Waals surface area contributed by atoms with E-state index < -0.39 is 0 Å². The normalized spacial score (nSPS) is 12.6. The van der Waals surface area contributed by atoms with Crippen LogP contribution < -0.4 is 0 Å². The van der Waals surface area contributed by atoms with Crippen molar-refractivity contribution in [1.82, 2.24) is 0 Å². The first kappa shape index (κ1) is 79.8. The third-order valence-corrected chi connectivity index (χ3v) is 30.3. The van der Waals surface area contributed by atoms with Gasteiger partial charge in [0.05, 0.1) is 0 Å². The predicted molar refractivity (Wildman–Crippen MR) is 590 cm³/mol. The van der Waals surface area contributed by atoms with Crippen molar-refractivity contribution in [2.45, 2.75) is 44.9 Å². The van der Waals surface area contributed by atoms with Gasteiger partial charge in [0.15, 0.2) is 0 Å². The Balaban J connectivity index is 0.0000000812. The molecule has 0 fully saturated rings.